The monoisotopic (exact) mass is 308 g/mol. The molecule has 0 saturated carbocycles. The van der Waals surface area contributed by atoms with Crippen LogP contribution in [0.3, 0.4) is 0 Å². The smallest absolute Gasteiger partial charge is 0.140 e. The SMILES string of the molecule is Cc1ccnc(NCCCCn2ccnc2)c1Br. The number of imidazole rings is 1. The molecule has 0 atom stereocenters. The highest BCUT2D eigenvalue weighted by Crippen LogP contribution is 2.23. The van der Waals surface area contributed by atoms with Gasteiger partial charge >= 0.3 is 0 Å². The summed E-state index contributed by atoms with van der Waals surface area (Å²) < 4.78 is 3.15. The number of halogens is 1. The van der Waals surface area contributed by atoms with Crippen molar-refractivity contribution in [2.24, 2.45) is 0 Å². The molecule has 4 nitrogen and oxygen atoms in total. The third-order valence-corrected chi connectivity index (χ3v) is 3.78. The molecule has 2 heterocycles. The van der Waals surface area contributed by atoms with E-state index in [0.29, 0.717) is 0 Å². The first-order valence-electron chi connectivity index (χ1n) is 6.08. The number of rotatable bonds is 6. The minimum absolute atomic E-state index is 0.928. The molecule has 2 rings (SSSR count). The molecule has 1 N–H and O–H groups in total. The third kappa shape index (κ3) is 3.57. The summed E-state index contributed by atoms with van der Waals surface area (Å²) in [6, 6.07) is 1.99. The van der Waals surface area contributed by atoms with Crippen LogP contribution in [0.4, 0.5) is 5.82 Å². The lowest BCUT2D eigenvalue weighted by molar-refractivity contribution is 0.620. The van der Waals surface area contributed by atoms with Crippen molar-refractivity contribution >= 4 is 21.7 Å². The van der Waals surface area contributed by atoms with Crippen molar-refractivity contribution in [3.8, 4) is 0 Å². The summed E-state index contributed by atoms with van der Waals surface area (Å²) in [6.07, 6.45) is 9.73. The highest BCUT2D eigenvalue weighted by atomic mass is 79.9. The second kappa shape index (κ2) is 6.54. The van der Waals surface area contributed by atoms with Crippen molar-refractivity contribution in [3.05, 3.63) is 41.0 Å². The molecule has 0 bridgehead atoms. The number of hydrogen-bond acceptors (Lipinski definition) is 3. The maximum Gasteiger partial charge on any atom is 0.140 e. The Hall–Kier alpha value is -1.36. The maximum atomic E-state index is 4.31. The van der Waals surface area contributed by atoms with Gasteiger partial charge in [0.05, 0.1) is 10.8 Å². The van der Waals surface area contributed by atoms with E-state index in [9.17, 15) is 0 Å². The summed E-state index contributed by atoms with van der Waals surface area (Å²) >= 11 is 3.54. The number of anilines is 1. The van der Waals surface area contributed by atoms with Crippen LogP contribution in [0.25, 0.3) is 0 Å². The summed E-state index contributed by atoms with van der Waals surface area (Å²) in [5.41, 5.74) is 1.20. The molecule has 0 amide bonds. The lowest BCUT2D eigenvalue weighted by atomic mass is 10.3. The van der Waals surface area contributed by atoms with Crippen molar-refractivity contribution in [1.29, 1.82) is 0 Å². The van der Waals surface area contributed by atoms with E-state index in [1.54, 1.807) is 0 Å². The Kier molecular flexibility index (Phi) is 4.75. The van der Waals surface area contributed by atoms with Crippen LogP contribution < -0.4 is 5.32 Å². The topological polar surface area (TPSA) is 42.7 Å². The van der Waals surface area contributed by atoms with Crippen LogP contribution in [0.5, 0.6) is 0 Å². The lowest BCUT2D eigenvalue weighted by Gasteiger charge is -2.09. The number of unbranched alkanes of at least 4 members (excludes halogenated alkanes) is 1. The highest BCUT2D eigenvalue weighted by Gasteiger charge is 2.02. The first-order chi connectivity index (χ1) is 8.77. The molecule has 0 aliphatic rings. The number of aromatic nitrogens is 3. The summed E-state index contributed by atoms with van der Waals surface area (Å²) in [5, 5.41) is 3.35. The van der Waals surface area contributed by atoms with Gasteiger partial charge in [-0.1, -0.05) is 0 Å². The van der Waals surface area contributed by atoms with E-state index in [0.717, 1.165) is 36.2 Å². The van der Waals surface area contributed by atoms with Gasteiger partial charge in [0.15, 0.2) is 0 Å². The zero-order chi connectivity index (χ0) is 12.8. The minimum Gasteiger partial charge on any atom is -0.369 e. The second-order valence-corrected chi connectivity index (χ2v) is 5.02. The molecule has 0 spiro atoms. The van der Waals surface area contributed by atoms with Gasteiger partial charge in [0, 0.05) is 31.7 Å². The fraction of sp³-hybridized carbons (Fsp3) is 0.385. The van der Waals surface area contributed by atoms with E-state index in [2.05, 4.69) is 42.7 Å². The normalized spacial score (nSPS) is 10.6. The minimum atomic E-state index is 0.928. The van der Waals surface area contributed by atoms with Crippen molar-refractivity contribution < 1.29 is 0 Å². The Balaban J connectivity index is 1.70. The van der Waals surface area contributed by atoms with E-state index in [4.69, 9.17) is 0 Å². The fourth-order valence-electron chi connectivity index (χ4n) is 1.71. The van der Waals surface area contributed by atoms with Gasteiger partial charge < -0.3 is 9.88 Å². The van der Waals surface area contributed by atoms with Crippen LogP contribution in [-0.2, 0) is 6.54 Å². The van der Waals surface area contributed by atoms with Crippen LogP contribution in [0, 0.1) is 6.92 Å². The highest BCUT2D eigenvalue weighted by molar-refractivity contribution is 9.10. The Bertz CT molecular complexity index is 482. The summed E-state index contributed by atoms with van der Waals surface area (Å²) in [6.45, 7) is 4.02. The molecule has 0 aliphatic carbocycles. The molecule has 2 aromatic heterocycles. The van der Waals surface area contributed by atoms with E-state index in [1.165, 1.54) is 5.56 Å². The van der Waals surface area contributed by atoms with Crippen molar-refractivity contribution in [2.75, 3.05) is 11.9 Å². The molecular weight excluding hydrogens is 292 g/mol. The van der Waals surface area contributed by atoms with Crippen molar-refractivity contribution in [3.63, 3.8) is 0 Å². The molecule has 0 aliphatic heterocycles. The molecule has 2 aromatic rings. The van der Waals surface area contributed by atoms with Gasteiger partial charge in [-0.2, -0.15) is 0 Å². The predicted octanol–water partition coefficient (Wildman–Crippen LogP) is 3.24. The molecular formula is C13H17BrN4. The number of hydrogen-bond donors (Lipinski definition) is 1. The van der Waals surface area contributed by atoms with Crippen molar-refractivity contribution in [2.45, 2.75) is 26.3 Å². The standard InChI is InChI=1S/C13H17BrN4/c1-11-4-6-17-13(12(11)14)16-5-2-3-8-18-9-7-15-10-18/h4,6-7,9-10H,2-3,5,8H2,1H3,(H,16,17). The Morgan fingerprint density at radius 2 is 2.22 bits per heavy atom. The van der Waals surface area contributed by atoms with Crippen LogP contribution >= 0.6 is 15.9 Å². The third-order valence-electron chi connectivity index (χ3n) is 2.78. The van der Waals surface area contributed by atoms with Gasteiger partial charge in [-0.15, -0.1) is 0 Å². The summed E-state index contributed by atoms with van der Waals surface area (Å²) in [7, 11) is 0. The molecule has 18 heavy (non-hydrogen) atoms. The average Bonchev–Trinajstić information content (AvgIpc) is 2.87. The molecule has 0 aromatic carbocycles. The first-order valence-corrected chi connectivity index (χ1v) is 6.87. The van der Waals surface area contributed by atoms with Crippen LogP contribution in [0.1, 0.15) is 18.4 Å². The Labute approximate surface area is 116 Å². The Morgan fingerprint density at radius 3 is 3.00 bits per heavy atom. The molecule has 0 radical (unpaired) electrons. The van der Waals surface area contributed by atoms with Crippen LogP contribution in [0.15, 0.2) is 35.5 Å². The van der Waals surface area contributed by atoms with Crippen LogP contribution in [0.2, 0.25) is 0 Å². The zero-order valence-corrected chi connectivity index (χ0v) is 12.0. The van der Waals surface area contributed by atoms with Crippen molar-refractivity contribution in [1.82, 2.24) is 14.5 Å². The van der Waals surface area contributed by atoms with E-state index in [-0.39, 0.29) is 0 Å². The first kappa shape index (κ1) is 13.1. The van der Waals surface area contributed by atoms with Gasteiger partial charge in [0.1, 0.15) is 5.82 Å². The summed E-state index contributed by atoms with van der Waals surface area (Å²) in [4.78, 5) is 8.33. The van der Waals surface area contributed by atoms with Gasteiger partial charge in [-0.05, 0) is 47.3 Å². The van der Waals surface area contributed by atoms with E-state index >= 15 is 0 Å². The van der Waals surface area contributed by atoms with Gasteiger partial charge in [-0.25, -0.2) is 9.97 Å². The number of pyridine rings is 1. The van der Waals surface area contributed by atoms with E-state index < -0.39 is 0 Å². The number of nitrogens with zero attached hydrogens (tertiary/aromatic N) is 3. The molecule has 96 valence electrons. The average molecular weight is 309 g/mol. The molecule has 0 unspecified atom stereocenters. The molecule has 5 heteroatoms. The predicted molar refractivity (Wildman–Crippen MR) is 76.6 cm³/mol. The van der Waals surface area contributed by atoms with Gasteiger partial charge in [0.2, 0.25) is 0 Å². The largest absolute Gasteiger partial charge is 0.369 e. The number of nitrogens with one attached hydrogen (secondary N) is 1. The maximum absolute atomic E-state index is 4.31. The van der Waals surface area contributed by atoms with Crippen LogP contribution in [-0.4, -0.2) is 21.1 Å². The number of aryl methyl sites for hydroxylation is 2. The van der Waals surface area contributed by atoms with Gasteiger partial charge in [0.25, 0.3) is 0 Å². The lowest BCUT2D eigenvalue weighted by Crippen LogP contribution is -2.06. The quantitative estimate of drug-likeness (QED) is 0.833. The summed E-state index contributed by atoms with van der Waals surface area (Å²) in [5.74, 6) is 0.928. The second-order valence-electron chi connectivity index (χ2n) is 4.22. The molecule has 0 fully saturated rings. The zero-order valence-electron chi connectivity index (χ0n) is 10.4. The van der Waals surface area contributed by atoms with Gasteiger partial charge in [-0.3, -0.25) is 0 Å². The van der Waals surface area contributed by atoms with E-state index in [1.807, 2.05) is 31.0 Å². The fourth-order valence-corrected chi connectivity index (χ4v) is 2.08. The Morgan fingerprint density at radius 1 is 1.33 bits per heavy atom. The molecule has 0 saturated heterocycles.